The van der Waals surface area contributed by atoms with E-state index in [1.54, 1.807) is 24.3 Å². The zero-order chi connectivity index (χ0) is 18.9. The van der Waals surface area contributed by atoms with Gasteiger partial charge in [-0.15, -0.1) is 6.42 Å². The van der Waals surface area contributed by atoms with Gasteiger partial charge in [-0.1, -0.05) is 44.0 Å². The number of anilines is 2. The molecule has 0 bridgehead atoms. The first-order valence-corrected chi connectivity index (χ1v) is 8.61. The summed E-state index contributed by atoms with van der Waals surface area (Å²) < 4.78 is 0. The van der Waals surface area contributed by atoms with Gasteiger partial charge < -0.3 is 16.4 Å². The first-order valence-electron chi connectivity index (χ1n) is 8.61. The number of nitrogens with zero attached hydrogens (tertiary/aromatic N) is 1. The summed E-state index contributed by atoms with van der Waals surface area (Å²) in [6, 6.07) is 13.2. The molecule has 0 aliphatic carbocycles. The van der Waals surface area contributed by atoms with E-state index >= 15 is 0 Å². The normalized spacial score (nSPS) is 10.9. The van der Waals surface area contributed by atoms with Crippen molar-refractivity contribution in [1.29, 1.82) is 0 Å². The van der Waals surface area contributed by atoms with Gasteiger partial charge >= 0.3 is 0 Å². The molecule has 0 fully saturated rings. The fraction of sp³-hybridized carbons (Fsp3) is 0.238. The summed E-state index contributed by atoms with van der Waals surface area (Å²) in [7, 11) is 0. The molecule has 0 radical (unpaired) electrons. The van der Waals surface area contributed by atoms with Crippen molar-refractivity contribution in [2.75, 3.05) is 17.2 Å². The van der Waals surface area contributed by atoms with Crippen LogP contribution in [0.3, 0.4) is 0 Å². The van der Waals surface area contributed by atoms with Crippen molar-refractivity contribution < 1.29 is 4.79 Å². The maximum Gasteiger partial charge on any atom is 0.246 e. The Bertz CT molecular complexity index is 827. The third-order valence-electron chi connectivity index (χ3n) is 3.96. The summed E-state index contributed by atoms with van der Waals surface area (Å²) >= 11 is 0. The van der Waals surface area contributed by atoms with E-state index in [1.807, 2.05) is 6.07 Å². The smallest absolute Gasteiger partial charge is 0.246 e. The van der Waals surface area contributed by atoms with Crippen molar-refractivity contribution in [1.82, 2.24) is 0 Å². The number of carbonyl (C=O) groups excluding carboxylic acids is 1. The fourth-order valence-corrected chi connectivity index (χ4v) is 2.61. The zero-order valence-electron chi connectivity index (χ0n) is 15.2. The van der Waals surface area contributed by atoms with Crippen LogP contribution in [0.25, 0.3) is 0 Å². The molecule has 0 saturated heterocycles. The highest BCUT2D eigenvalue weighted by atomic mass is 16.1. The Morgan fingerprint density at radius 2 is 1.77 bits per heavy atom. The number of carbonyl (C=O) groups is 1. The third-order valence-corrected chi connectivity index (χ3v) is 3.96. The molecule has 0 atom stereocenters. The van der Waals surface area contributed by atoms with Crippen LogP contribution in [0, 0.1) is 12.3 Å². The average Bonchev–Trinajstić information content (AvgIpc) is 2.66. The molecule has 134 valence electrons. The highest BCUT2D eigenvalue weighted by molar-refractivity contribution is 5.97. The summed E-state index contributed by atoms with van der Waals surface area (Å²) in [6.45, 7) is 4.10. The SMILES string of the molecule is C#Cc1cccc(NC(=O)CN=C(N)Nc2c(CC)cccc2CC)c1. The molecular formula is C21H24N4O. The first-order chi connectivity index (χ1) is 12.6. The van der Waals surface area contributed by atoms with Gasteiger partial charge in [-0.3, -0.25) is 4.79 Å². The van der Waals surface area contributed by atoms with Gasteiger partial charge in [0, 0.05) is 16.9 Å². The van der Waals surface area contributed by atoms with Gasteiger partial charge in [-0.25, -0.2) is 4.99 Å². The highest BCUT2D eigenvalue weighted by Crippen LogP contribution is 2.22. The van der Waals surface area contributed by atoms with Gasteiger partial charge in [0.1, 0.15) is 6.54 Å². The van der Waals surface area contributed by atoms with Crippen molar-refractivity contribution in [3.05, 3.63) is 59.2 Å². The molecule has 5 nitrogen and oxygen atoms in total. The Balaban J connectivity index is 2.02. The second-order valence-electron chi connectivity index (χ2n) is 5.76. The second kappa shape index (κ2) is 9.28. The van der Waals surface area contributed by atoms with Crippen LogP contribution in [0.4, 0.5) is 11.4 Å². The predicted molar refractivity (Wildman–Crippen MR) is 108 cm³/mol. The lowest BCUT2D eigenvalue weighted by molar-refractivity contribution is -0.114. The number of amides is 1. The van der Waals surface area contributed by atoms with Crippen LogP contribution in [0.5, 0.6) is 0 Å². The lowest BCUT2D eigenvalue weighted by Gasteiger charge is -2.14. The number of nitrogens with one attached hydrogen (secondary N) is 2. The van der Waals surface area contributed by atoms with E-state index in [9.17, 15) is 4.79 Å². The Labute approximate surface area is 154 Å². The molecule has 0 spiro atoms. The van der Waals surface area contributed by atoms with Gasteiger partial charge in [0.2, 0.25) is 5.91 Å². The van der Waals surface area contributed by atoms with E-state index in [1.165, 1.54) is 0 Å². The van der Waals surface area contributed by atoms with Gasteiger partial charge in [-0.05, 0) is 42.2 Å². The lowest BCUT2D eigenvalue weighted by Crippen LogP contribution is -2.26. The second-order valence-corrected chi connectivity index (χ2v) is 5.76. The van der Waals surface area contributed by atoms with Crippen molar-refractivity contribution in [3.63, 3.8) is 0 Å². The number of terminal acetylenes is 1. The maximum atomic E-state index is 12.1. The Hall–Kier alpha value is -3.26. The van der Waals surface area contributed by atoms with E-state index in [0.717, 1.165) is 29.7 Å². The van der Waals surface area contributed by atoms with Crippen molar-refractivity contribution in [3.8, 4) is 12.3 Å². The van der Waals surface area contributed by atoms with Gasteiger partial charge in [0.25, 0.3) is 0 Å². The summed E-state index contributed by atoms with van der Waals surface area (Å²) in [5.41, 5.74) is 10.6. The van der Waals surface area contributed by atoms with E-state index in [0.29, 0.717) is 11.3 Å². The van der Waals surface area contributed by atoms with Crippen molar-refractivity contribution in [2.45, 2.75) is 26.7 Å². The molecule has 0 aromatic heterocycles. The molecule has 0 aliphatic heterocycles. The van der Waals surface area contributed by atoms with Crippen LogP contribution in [0.2, 0.25) is 0 Å². The first kappa shape index (κ1) is 19.1. The van der Waals surface area contributed by atoms with Crippen molar-refractivity contribution in [2.24, 2.45) is 10.7 Å². The molecule has 0 heterocycles. The number of hydrogen-bond acceptors (Lipinski definition) is 2. The Morgan fingerprint density at radius 1 is 1.12 bits per heavy atom. The molecular weight excluding hydrogens is 324 g/mol. The minimum absolute atomic E-state index is 0.0745. The standard InChI is InChI=1S/C21H24N4O/c1-4-15-9-7-12-18(13-15)24-19(26)14-23-21(22)25-20-16(5-2)10-8-11-17(20)6-3/h1,7-13H,5-6,14H2,2-3H3,(H,24,26)(H3,22,23,25). The predicted octanol–water partition coefficient (Wildman–Crippen LogP) is 3.16. The number of rotatable bonds is 6. The molecule has 0 aliphatic rings. The van der Waals surface area contributed by atoms with Gasteiger partial charge in [-0.2, -0.15) is 0 Å². The number of hydrogen-bond donors (Lipinski definition) is 3. The van der Waals surface area contributed by atoms with Crippen molar-refractivity contribution >= 4 is 23.2 Å². The van der Waals surface area contributed by atoms with Crippen LogP contribution in [0.1, 0.15) is 30.5 Å². The zero-order valence-corrected chi connectivity index (χ0v) is 15.2. The summed E-state index contributed by atoms with van der Waals surface area (Å²) in [6.07, 6.45) is 7.13. The van der Waals surface area contributed by atoms with E-state index in [2.05, 4.69) is 47.5 Å². The lowest BCUT2D eigenvalue weighted by atomic mass is 10.0. The minimum Gasteiger partial charge on any atom is -0.370 e. The molecule has 5 heteroatoms. The summed E-state index contributed by atoms with van der Waals surface area (Å²) in [5.74, 6) is 2.49. The van der Waals surface area contributed by atoms with Crippen LogP contribution < -0.4 is 16.4 Å². The Kier molecular flexibility index (Phi) is 6.81. The monoisotopic (exact) mass is 348 g/mol. The molecule has 2 rings (SSSR count). The van der Waals surface area contributed by atoms with E-state index in [-0.39, 0.29) is 18.4 Å². The molecule has 2 aromatic carbocycles. The number of nitrogens with two attached hydrogens (primary N) is 1. The highest BCUT2D eigenvalue weighted by Gasteiger charge is 2.08. The van der Waals surface area contributed by atoms with E-state index < -0.39 is 0 Å². The molecule has 0 unspecified atom stereocenters. The fourth-order valence-electron chi connectivity index (χ4n) is 2.61. The minimum atomic E-state index is -0.261. The van der Waals surface area contributed by atoms with Gasteiger partial charge in [0.15, 0.2) is 5.96 Å². The van der Waals surface area contributed by atoms with Gasteiger partial charge in [0.05, 0.1) is 0 Å². The third kappa shape index (κ3) is 5.12. The molecule has 0 saturated carbocycles. The molecule has 2 aromatic rings. The number of guanidine groups is 1. The Morgan fingerprint density at radius 3 is 2.38 bits per heavy atom. The number of benzene rings is 2. The molecule has 1 amide bonds. The van der Waals surface area contributed by atoms with Crippen LogP contribution in [-0.2, 0) is 17.6 Å². The van der Waals surface area contributed by atoms with E-state index in [4.69, 9.17) is 12.2 Å². The van der Waals surface area contributed by atoms with Crippen LogP contribution in [0.15, 0.2) is 47.5 Å². The average molecular weight is 348 g/mol. The topological polar surface area (TPSA) is 79.5 Å². The molecule has 26 heavy (non-hydrogen) atoms. The summed E-state index contributed by atoms with van der Waals surface area (Å²) in [4.78, 5) is 16.2. The molecule has 4 N–H and O–H groups in total. The number of aliphatic imine (C=N–C) groups is 1. The number of aryl methyl sites for hydroxylation is 2. The quantitative estimate of drug-likeness (QED) is 0.426. The van der Waals surface area contributed by atoms with Crippen LogP contribution in [-0.4, -0.2) is 18.4 Å². The summed E-state index contributed by atoms with van der Waals surface area (Å²) in [5, 5.41) is 5.90. The number of para-hydroxylation sites is 1. The maximum absolute atomic E-state index is 12.1. The largest absolute Gasteiger partial charge is 0.370 e. The van der Waals surface area contributed by atoms with Crippen LogP contribution >= 0.6 is 0 Å².